The lowest BCUT2D eigenvalue weighted by atomic mass is 10.0. The fourth-order valence-electron chi connectivity index (χ4n) is 1.42. The molecule has 0 radical (unpaired) electrons. The molecule has 0 aliphatic heterocycles. The van der Waals surface area contributed by atoms with Crippen LogP contribution in [0.2, 0.25) is 0 Å². The van der Waals surface area contributed by atoms with Crippen molar-refractivity contribution in [3.63, 3.8) is 0 Å². The lowest BCUT2D eigenvalue weighted by Gasteiger charge is -2.16. The van der Waals surface area contributed by atoms with Crippen molar-refractivity contribution in [2.75, 3.05) is 7.11 Å². The van der Waals surface area contributed by atoms with E-state index in [-0.39, 0.29) is 0 Å². The Labute approximate surface area is 109 Å². The van der Waals surface area contributed by atoms with Crippen LogP contribution in [-0.4, -0.2) is 19.4 Å². The van der Waals surface area contributed by atoms with Gasteiger partial charge in [-0.3, -0.25) is 0 Å². The quantitative estimate of drug-likeness (QED) is 0.634. The van der Waals surface area contributed by atoms with Gasteiger partial charge in [0.05, 0.1) is 23.8 Å². The van der Waals surface area contributed by atoms with Crippen LogP contribution in [0.3, 0.4) is 0 Å². The van der Waals surface area contributed by atoms with Crippen LogP contribution in [0.4, 0.5) is 22.0 Å². The van der Waals surface area contributed by atoms with Crippen molar-refractivity contribution >= 4 is 5.97 Å². The molecular weight excluding hydrogens is 289 g/mol. The van der Waals surface area contributed by atoms with E-state index in [0.29, 0.717) is 0 Å². The molecule has 0 atom stereocenters. The molecule has 20 heavy (non-hydrogen) atoms. The highest BCUT2D eigenvalue weighted by Gasteiger charge is 2.36. The van der Waals surface area contributed by atoms with Crippen molar-refractivity contribution in [3.05, 3.63) is 28.8 Å². The van der Waals surface area contributed by atoms with E-state index >= 15 is 0 Å². The minimum atomic E-state index is -5.29. The Hall–Kier alpha value is -2.37. The summed E-state index contributed by atoms with van der Waals surface area (Å²) < 4.78 is 70.1. The van der Waals surface area contributed by atoms with Crippen LogP contribution in [0, 0.1) is 11.3 Å². The summed E-state index contributed by atoms with van der Waals surface area (Å²) in [6.07, 6.45) is -8.75. The highest BCUT2D eigenvalue weighted by Crippen LogP contribution is 2.38. The van der Waals surface area contributed by atoms with Gasteiger partial charge in [0.1, 0.15) is 6.07 Å². The average Bonchev–Trinajstić information content (AvgIpc) is 2.35. The standard InChI is InChI=1S/C11H6F5NO3/c1-19-10(18)6-3-2-5(4-17)8(7(6)9(12)13)20-11(14,15)16/h2-3,9H,1H3. The van der Waals surface area contributed by atoms with Gasteiger partial charge in [0, 0.05) is 0 Å². The molecule has 0 aliphatic rings. The summed E-state index contributed by atoms with van der Waals surface area (Å²) in [5.74, 6) is -2.67. The maximum atomic E-state index is 12.9. The molecule has 0 saturated carbocycles. The summed E-state index contributed by atoms with van der Waals surface area (Å²) in [6, 6.07) is 2.82. The number of carbonyl (C=O) groups is 1. The number of benzene rings is 1. The molecule has 0 spiro atoms. The first-order chi connectivity index (χ1) is 9.21. The molecule has 0 unspecified atom stereocenters. The number of nitrogens with zero attached hydrogens (tertiary/aromatic N) is 1. The molecule has 1 aromatic rings. The lowest BCUT2D eigenvalue weighted by Crippen LogP contribution is -2.20. The van der Waals surface area contributed by atoms with Crippen molar-refractivity contribution in [1.29, 1.82) is 5.26 Å². The number of ether oxygens (including phenoxy) is 2. The average molecular weight is 295 g/mol. The van der Waals surface area contributed by atoms with Crippen LogP contribution in [0.5, 0.6) is 5.75 Å². The molecule has 0 aliphatic carbocycles. The van der Waals surface area contributed by atoms with Gasteiger partial charge in [-0.1, -0.05) is 0 Å². The minimum absolute atomic E-state index is 0.763. The van der Waals surface area contributed by atoms with Crippen LogP contribution in [-0.2, 0) is 4.74 Å². The van der Waals surface area contributed by atoms with E-state index in [2.05, 4.69) is 9.47 Å². The normalized spacial score (nSPS) is 11.1. The van der Waals surface area contributed by atoms with Gasteiger partial charge in [-0.15, -0.1) is 13.2 Å². The van der Waals surface area contributed by atoms with Crippen molar-refractivity contribution in [1.82, 2.24) is 0 Å². The van der Waals surface area contributed by atoms with E-state index in [9.17, 15) is 26.7 Å². The number of hydrogen-bond acceptors (Lipinski definition) is 4. The predicted octanol–water partition coefficient (Wildman–Crippen LogP) is 3.18. The molecular formula is C11H6F5NO3. The first-order valence-corrected chi connectivity index (χ1v) is 4.90. The summed E-state index contributed by atoms with van der Waals surface area (Å²) in [7, 11) is 0.875. The van der Waals surface area contributed by atoms with Gasteiger partial charge in [-0.2, -0.15) is 5.26 Å². The smallest absolute Gasteiger partial charge is 0.465 e. The second-order valence-electron chi connectivity index (χ2n) is 3.36. The Bertz CT molecular complexity index is 562. The Balaban J connectivity index is 3.58. The molecule has 108 valence electrons. The number of hydrogen-bond donors (Lipinski definition) is 0. The number of alkyl halides is 5. The molecule has 0 heterocycles. The number of carbonyl (C=O) groups excluding carboxylic acids is 1. The second kappa shape index (κ2) is 5.73. The van der Waals surface area contributed by atoms with E-state index < -0.39 is 41.2 Å². The molecule has 4 nitrogen and oxygen atoms in total. The zero-order valence-electron chi connectivity index (χ0n) is 9.79. The second-order valence-corrected chi connectivity index (χ2v) is 3.36. The summed E-state index contributed by atoms with van der Waals surface area (Å²) >= 11 is 0. The number of nitriles is 1. The van der Waals surface area contributed by atoms with E-state index in [0.717, 1.165) is 19.2 Å². The predicted molar refractivity (Wildman–Crippen MR) is 54.1 cm³/mol. The monoisotopic (exact) mass is 295 g/mol. The Morgan fingerprint density at radius 3 is 2.35 bits per heavy atom. The van der Waals surface area contributed by atoms with Gasteiger partial charge in [-0.05, 0) is 12.1 Å². The molecule has 9 heteroatoms. The summed E-state index contributed by atoms with van der Waals surface area (Å²) in [5, 5.41) is 8.65. The van der Waals surface area contributed by atoms with Gasteiger partial charge >= 0.3 is 12.3 Å². The van der Waals surface area contributed by atoms with Gasteiger partial charge < -0.3 is 9.47 Å². The highest BCUT2D eigenvalue weighted by molar-refractivity contribution is 5.92. The molecule has 1 aromatic carbocycles. The number of esters is 1. The lowest BCUT2D eigenvalue weighted by molar-refractivity contribution is -0.275. The Morgan fingerprint density at radius 1 is 1.35 bits per heavy atom. The Morgan fingerprint density at radius 2 is 1.95 bits per heavy atom. The van der Waals surface area contributed by atoms with Crippen LogP contribution in [0.15, 0.2) is 12.1 Å². The van der Waals surface area contributed by atoms with Crippen LogP contribution < -0.4 is 4.74 Å². The molecule has 0 saturated heterocycles. The van der Waals surface area contributed by atoms with E-state index in [1.54, 1.807) is 0 Å². The van der Waals surface area contributed by atoms with E-state index in [4.69, 9.17) is 5.26 Å². The summed E-state index contributed by atoms with van der Waals surface area (Å²) in [4.78, 5) is 11.3. The Kier molecular flexibility index (Phi) is 4.49. The van der Waals surface area contributed by atoms with E-state index in [1.165, 1.54) is 6.07 Å². The zero-order valence-corrected chi connectivity index (χ0v) is 9.79. The summed E-state index contributed by atoms with van der Waals surface area (Å²) in [5.41, 5.74) is -2.92. The van der Waals surface area contributed by atoms with Crippen molar-refractivity contribution in [2.24, 2.45) is 0 Å². The van der Waals surface area contributed by atoms with Crippen molar-refractivity contribution in [2.45, 2.75) is 12.8 Å². The third kappa shape index (κ3) is 3.34. The third-order valence-electron chi connectivity index (χ3n) is 2.16. The van der Waals surface area contributed by atoms with Crippen LogP contribution >= 0.6 is 0 Å². The first kappa shape index (κ1) is 15.7. The number of methoxy groups -OCH3 is 1. The zero-order chi connectivity index (χ0) is 15.5. The fraction of sp³-hybridized carbons (Fsp3) is 0.273. The van der Waals surface area contributed by atoms with Gasteiger partial charge in [0.15, 0.2) is 5.75 Å². The molecule has 0 fully saturated rings. The minimum Gasteiger partial charge on any atom is -0.465 e. The number of halogens is 5. The molecule has 1 rings (SSSR count). The fourth-order valence-corrected chi connectivity index (χ4v) is 1.42. The van der Waals surface area contributed by atoms with Gasteiger partial charge in [-0.25, -0.2) is 13.6 Å². The van der Waals surface area contributed by atoms with Crippen molar-refractivity contribution in [3.8, 4) is 11.8 Å². The van der Waals surface area contributed by atoms with Gasteiger partial charge in [0.2, 0.25) is 0 Å². The van der Waals surface area contributed by atoms with Crippen LogP contribution in [0.1, 0.15) is 27.9 Å². The van der Waals surface area contributed by atoms with Gasteiger partial charge in [0.25, 0.3) is 6.43 Å². The topological polar surface area (TPSA) is 59.3 Å². The molecule has 0 N–H and O–H groups in total. The third-order valence-corrected chi connectivity index (χ3v) is 2.16. The van der Waals surface area contributed by atoms with E-state index in [1.807, 2.05) is 0 Å². The summed E-state index contributed by atoms with van der Waals surface area (Å²) in [6.45, 7) is 0. The SMILES string of the molecule is COC(=O)c1ccc(C#N)c(OC(F)(F)F)c1C(F)F. The highest BCUT2D eigenvalue weighted by atomic mass is 19.4. The first-order valence-electron chi connectivity index (χ1n) is 4.90. The molecule has 0 aromatic heterocycles. The maximum absolute atomic E-state index is 12.9. The molecule has 0 bridgehead atoms. The van der Waals surface area contributed by atoms with Crippen molar-refractivity contribution < 1.29 is 36.2 Å². The maximum Gasteiger partial charge on any atom is 0.573 e. The molecule has 0 amide bonds. The number of rotatable bonds is 3. The van der Waals surface area contributed by atoms with Crippen LogP contribution in [0.25, 0.3) is 0 Å². The largest absolute Gasteiger partial charge is 0.573 e.